The molecule has 1 unspecified atom stereocenters. The molecule has 2 aromatic carbocycles. The van der Waals surface area contributed by atoms with Gasteiger partial charge in [-0.3, -0.25) is 15.1 Å². The number of nitrogens with one attached hydrogen (secondary N) is 3. The molecule has 10 nitrogen and oxygen atoms in total. The molecule has 0 radical (unpaired) electrons. The SMILES string of the molecule is CC(C)(C)c1cc(NC(=O)Nc2cccc(Oc3cccnc3)c2)n(-c2ccc3c(c2)CC(C(=O)O)NC3)n1. The fraction of sp³-hybridized carbons (Fsp3) is 0.241. The lowest BCUT2D eigenvalue weighted by Crippen LogP contribution is -2.41. The van der Waals surface area contributed by atoms with Crippen LogP contribution in [0.4, 0.5) is 16.3 Å². The first-order chi connectivity index (χ1) is 18.7. The molecule has 0 saturated heterocycles. The number of rotatable bonds is 6. The second-order valence-corrected chi connectivity index (χ2v) is 10.4. The first kappa shape index (κ1) is 25.9. The first-order valence-corrected chi connectivity index (χ1v) is 12.6. The standard InChI is InChI=1S/C29H30N6O4/c1-29(2,3)25-15-26(35(34-25)21-10-9-18-16-31-24(27(36)37)13-19(18)12-21)33-28(38)32-20-6-4-7-22(14-20)39-23-8-5-11-30-17-23/h4-12,14-15,17,24,31H,13,16H2,1-3H3,(H,36,37)(H2,32,33,38). The maximum atomic E-state index is 13.1. The van der Waals surface area contributed by atoms with Crippen molar-refractivity contribution < 1.29 is 19.4 Å². The van der Waals surface area contributed by atoms with Gasteiger partial charge in [-0.15, -0.1) is 0 Å². The third-order valence-electron chi connectivity index (χ3n) is 6.38. The number of anilines is 2. The molecule has 4 N–H and O–H groups in total. The van der Waals surface area contributed by atoms with Gasteiger partial charge in [0.05, 0.1) is 17.6 Å². The summed E-state index contributed by atoms with van der Waals surface area (Å²) in [7, 11) is 0. The largest absolute Gasteiger partial charge is 0.480 e. The minimum atomic E-state index is -0.880. The van der Waals surface area contributed by atoms with E-state index in [9.17, 15) is 14.7 Å². The summed E-state index contributed by atoms with van der Waals surface area (Å²) in [6.07, 6.45) is 3.64. The molecule has 0 bridgehead atoms. The Kier molecular flexibility index (Phi) is 7.03. The zero-order valence-corrected chi connectivity index (χ0v) is 21.9. The molecule has 0 saturated carbocycles. The van der Waals surface area contributed by atoms with E-state index in [1.54, 1.807) is 53.5 Å². The number of hydrogen-bond acceptors (Lipinski definition) is 6. The highest BCUT2D eigenvalue weighted by Gasteiger charge is 2.25. The van der Waals surface area contributed by atoms with Gasteiger partial charge < -0.3 is 20.5 Å². The molecule has 10 heteroatoms. The van der Waals surface area contributed by atoms with E-state index in [0.29, 0.717) is 36.0 Å². The second kappa shape index (κ2) is 10.6. The van der Waals surface area contributed by atoms with Gasteiger partial charge in [0.2, 0.25) is 0 Å². The van der Waals surface area contributed by atoms with Crippen molar-refractivity contribution in [2.24, 2.45) is 0 Å². The summed E-state index contributed by atoms with van der Waals surface area (Å²) in [6.45, 7) is 6.63. The van der Waals surface area contributed by atoms with Crippen LogP contribution in [0, 0.1) is 0 Å². The number of carboxylic acids is 1. The molecule has 39 heavy (non-hydrogen) atoms. The van der Waals surface area contributed by atoms with Crippen LogP contribution >= 0.6 is 0 Å². The van der Waals surface area contributed by atoms with Gasteiger partial charge in [0, 0.05) is 36.0 Å². The van der Waals surface area contributed by atoms with Gasteiger partial charge in [-0.2, -0.15) is 5.10 Å². The average molecular weight is 527 g/mol. The summed E-state index contributed by atoms with van der Waals surface area (Å²) in [5.74, 6) is 0.759. The first-order valence-electron chi connectivity index (χ1n) is 12.6. The molecule has 1 aliphatic heterocycles. The highest BCUT2D eigenvalue weighted by atomic mass is 16.5. The second-order valence-electron chi connectivity index (χ2n) is 10.4. The van der Waals surface area contributed by atoms with Crippen molar-refractivity contribution in [3.63, 3.8) is 0 Å². The van der Waals surface area contributed by atoms with Crippen molar-refractivity contribution in [3.8, 4) is 17.2 Å². The summed E-state index contributed by atoms with van der Waals surface area (Å²) < 4.78 is 7.50. The number of carbonyl (C=O) groups is 2. The fourth-order valence-corrected chi connectivity index (χ4v) is 4.30. The number of aromatic nitrogens is 3. The lowest BCUT2D eigenvalue weighted by Gasteiger charge is -2.24. The van der Waals surface area contributed by atoms with Gasteiger partial charge in [-0.05, 0) is 53.9 Å². The van der Waals surface area contributed by atoms with E-state index in [1.807, 2.05) is 45.0 Å². The molecule has 0 spiro atoms. The van der Waals surface area contributed by atoms with Crippen molar-refractivity contribution in [3.05, 3.63) is 89.9 Å². The lowest BCUT2D eigenvalue weighted by atomic mass is 9.92. The molecule has 1 aliphatic rings. The molecule has 1 atom stereocenters. The topological polar surface area (TPSA) is 130 Å². The van der Waals surface area contributed by atoms with Gasteiger partial charge in [0.25, 0.3) is 0 Å². The summed E-state index contributed by atoms with van der Waals surface area (Å²) in [5, 5.41) is 23.1. The predicted octanol–water partition coefficient (Wildman–Crippen LogP) is 5.10. The average Bonchev–Trinajstić information content (AvgIpc) is 3.33. The number of ether oxygens (including phenoxy) is 1. The van der Waals surface area contributed by atoms with Crippen LogP contribution in [-0.4, -0.2) is 37.9 Å². The van der Waals surface area contributed by atoms with Crippen LogP contribution in [0.2, 0.25) is 0 Å². The summed E-state index contributed by atoms with van der Waals surface area (Å²) in [5.41, 5.74) is 3.80. The van der Waals surface area contributed by atoms with Crippen molar-refractivity contribution in [2.75, 3.05) is 10.6 Å². The molecular formula is C29H30N6O4. The number of carboxylic acid groups (broad SMARTS) is 1. The Morgan fingerprint density at radius 2 is 1.85 bits per heavy atom. The van der Waals surface area contributed by atoms with Crippen LogP contribution < -0.4 is 20.7 Å². The van der Waals surface area contributed by atoms with E-state index in [2.05, 4.69) is 20.9 Å². The minimum Gasteiger partial charge on any atom is -0.480 e. The van der Waals surface area contributed by atoms with Crippen molar-refractivity contribution in [1.29, 1.82) is 0 Å². The predicted molar refractivity (Wildman–Crippen MR) is 148 cm³/mol. The number of amides is 2. The number of pyridine rings is 1. The van der Waals surface area contributed by atoms with Crippen molar-refractivity contribution in [2.45, 2.75) is 45.2 Å². The summed E-state index contributed by atoms with van der Waals surface area (Å²) in [6, 6.07) is 17.2. The van der Waals surface area contributed by atoms with Crippen LogP contribution in [0.5, 0.6) is 11.5 Å². The van der Waals surface area contributed by atoms with Gasteiger partial charge in [-0.25, -0.2) is 9.48 Å². The van der Waals surface area contributed by atoms with Gasteiger partial charge in [-0.1, -0.05) is 32.9 Å². The third-order valence-corrected chi connectivity index (χ3v) is 6.38. The van der Waals surface area contributed by atoms with Gasteiger partial charge in [0.1, 0.15) is 23.4 Å². The monoisotopic (exact) mass is 526 g/mol. The van der Waals surface area contributed by atoms with Gasteiger partial charge >= 0.3 is 12.0 Å². The van der Waals surface area contributed by atoms with E-state index >= 15 is 0 Å². The van der Waals surface area contributed by atoms with Crippen LogP contribution in [-0.2, 0) is 23.2 Å². The Bertz CT molecular complexity index is 1510. The summed E-state index contributed by atoms with van der Waals surface area (Å²) >= 11 is 0. The molecular weight excluding hydrogens is 496 g/mol. The zero-order chi connectivity index (χ0) is 27.6. The van der Waals surface area contributed by atoms with Crippen molar-refractivity contribution in [1.82, 2.24) is 20.1 Å². The number of fused-ring (bicyclic) bond motifs is 1. The van der Waals surface area contributed by atoms with Crippen LogP contribution in [0.3, 0.4) is 0 Å². The van der Waals surface area contributed by atoms with E-state index in [1.165, 1.54) is 0 Å². The van der Waals surface area contributed by atoms with E-state index in [0.717, 1.165) is 22.5 Å². The minimum absolute atomic E-state index is 0.261. The molecule has 0 fully saturated rings. The fourth-order valence-electron chi connectivity index (χ4n) is 4.30. The number of hydrogen-bond donors (Lipinski definition) is 4. The maximum Gasteiger partial charge on any atom is 0.324 e. The lowest BCUT2D eigenvalue weighted by molar-refractivity contribution is -0.139. The molecule has 3 heterocycles. The molecule has 2 amide bonds. The van der Waals surface area contributed by atoms with Crippen LogP contribution in [0.1, 0.15) is 37.6 Å². The number of benzene rings is 2. The number of nitrogens with zero attached hydrogens (tertiary/aromatic N) is 3. The molecule has 0 aliphatic carbocycles. The van der Waals surface area contributed by atoms with Crippen LogP contribution in [0.25, 0.3) is 5.69 Å². The maximum absolute atomic E-state index is 13.1. The smallest absolute Gasteiger partial charge is 0.324 e. The molecule has 200 valence electrons. The highest BCUT2D eigenvalue weighted by molar-refractivity contribution is 5.99. The Labute approximate surface area is 226 Å². The Hall–Kier alpha value is -4.70. The van der Waals surface area contributed by atoms with E-state index in [-0.39, 0.29) is 5.41 Å². The molecule has 2 aromatic heterocycles. The Morgan fingerprint density at radius 1 is 1.03 bits per heavy atom. The molecule has 5 rings (SSSR count). The zero-order valence-electron chi connectivity index (χ0n) is 21.9. The number of urea groups is 1. The van der Waals surface area contributed by atoms with E-state index < -0.39 is 18.0 Å². The molecule has 4 aromatic rings. The summed E-state index contributed by atoms with van der Waals surface area (Å²) in [4.78, 5) is 28.6. The third kappa shape index (κ3) is 6.07. The number of carbonyl (C=O) groups excluding carboxylic acids is 1. The van der Waals surface area contributed by atoms with Crippen LogP contribution in [0.15, 0.2) is 73.1 Å². The Morgan fingerprint density at radius 3 is 2.59 bits per heavy atom. The quantitative estimate of drug-likeness (QED) is 0.275. The Balaban J connectivity index is 1.38. The highest BCUT2D eigenvalue weighted by Crippen LogP contribution is 2.29. The normalized spacial score (nSPS) is 14.8. The number of aliphatic carboxylic acids is 1. The van der Waals surface area contributed by atoms with E-state index in [4.69, 9.17) is 9.84 Å². The van der Waals surface area contributed by atoms with Gasteiger partial charge in [0.15, 0.2) is 0 Å². The van der Waals surface area contributed by atoms with Crippen molar-refractivity contribution >= 4 is 23.5 Å².